The van der Waals surface area contributed by atoms with E-state index in [4.69, 9.17) is 4.84 Å². The lowest BCUT2D eigenvalue weighted by atomic mass is 10.0. The molecule has 0 aromatic heterocycles. The third-order valence-electron chi connectivity index (χ3n) is 4.74. The summed E-state index contributed by atoms with van der Waals surface area (Å²) in [7, 11) is -0.0311. The van der Waals surface area contributed by atoms with E-state index in [0.717, 1.165) is 12.8 Å². The fourth-order valence-corrected chi connectivity index (χ4v) is 8.77. The molecule has 0 saturated carbocycles. The third-order valence-corrected chi connectivity index (χ3v) is 11.1. The zero-order chi connectivity index (χ0) is 18.0. The van der Waals surface area contributed by atoms with Gasteiger partial charge in [-0.3, -0.25) is 0 Å². The zero-order valence-electron chi connectivity index (χ0n) is 16.7. The van der Waals surface area contributed by atoms with E-state index in [1.807, 2.05) is 6.21 Å². The Morgan fingerprint density at radius 3 is 1.96 bits per heavy atom. The van der Waals surface area contributed by atoms with Crippen molar-refractivity contribution in [3.63, 3.8) is 0 Å². The van der Waals surface area contributed by atoms with Crippen LogP contribution in [0.3, 0.4) is 0 Å². The summed E-state index contributed by atoms with van der Waals surface area (Å²) in [5.41, 5.74) is 7.17. The summed E-state index contributed by atoms with van der Waals surface area (Å²) in [6.45, 7) is 18.4. The molecule has 0 aliphatic rings. The van der Waals surface area contributed by atoms with Crippen molar-refractivity contribution >= 4 is 14.3 Å². The van der Waals surface area contributed by atoms with Crippen LogP contribution < -0.4 is 0 Å². The highest BCUT2D eigenvalue weighted by Gasteiger charge is 2.41. The lowest BCUT2D eigenvalue weighted by Crippen LogP contribution is -2.43. The fraction of sp³-hybridized carbons (Fsp3) is 0.750. The summed E-state index contributed by atoms with van der Waals surface area (Å²) in [5.74, 6) is 3.87. The van der Waals surface area contributed by atoms with Crippen molar-refractivity contribution in [3.05, 3.63) is 11.6 Å². The summed E-state index contributed by atoms with van der Waals surface area (Å²) < 4.78 is 0. The van der Waals surface area contributed by atoms with Crippen LogP contribution in [0.4, 0.5) is 0 Å². The molecule has 2 nitrogen and oxygen atoms in total. The first-order chi connectivity index (χ1) is 10.7. The van der Waals surface area contributed by atoms with Gasteiger partial charge in [-0.1, -0.05) is 58.3 Å². The quantitative estimate of drug-likeness (QED) is 0.170. The molecule has 0 aliphatic carbocycles. The number of oxime groups is 1. The summed E-state index contributed by atoms with van der Waals surface area (Å²) >= 11 is 0. The fourth-order valence-electron chi connectivity index (χ4n) is 3.50. The maximum Gasteiger partial charge on any atom is 0.145 e. The minimum atomic E-state index is -1.62. The lowest BCUT2D eigenvalue weighted by molar-refractivity contribution is 0.213. The van der Waals surface area contributed by atoms with Crippen molar-refractivity contribution in [2.45, 2.75) is 84.9 Å². The van der Waals surface area contributed by atoms with Crippen molar-refractivity contribution in [2.24, 2.45) is 11.1 Å². The monoisotopic (exact) mass is 335 g/mol. The molecule has 0 saturated heterocycles. The standard InChI is InChI=1S/C20H37NOSi/c1-16(2)12-13-20(15-21-22-9)11-10-14-23(17(3)4,18(5)6)19(7)8/h12,15,17-20H,11,13H2,1-9H3/b21-15+. The Balaban J connectivity index is 5.29. The van der Waals surface area contributed by atoms with Gasteiger partial charge >= 0.3 is 0 Å². The van der Waals surface area contributed by atoms with Gasteiger partial charge in [0.15, 0.2) is 0 Å². The second kappa shape index (κ2) is 10.7. The van der Waals surface area contributed by atoms with Gasteiger partial charge in [-0.25, -0.2) is 0 Å². The van der Waals surface area contributed by atoms with Gasteiger partial charge in [0.25, 0.3) is 0 Å². The van der Waals surface area contributed by atoms with Gasteiger partial charge in [0.2, 0.25) is 0 Å². The lowest BCUT2D eigenvalue weighted by Gasteiger charge is -2.38. The van der Waals surface area contributed by atoms with Crippen molar-refractivity contribution in [1.29, 1.82) is 0 Å². The van der Waals surface area contributed by atoms with Crippen LogP contribution in [0.15, 0.2) is 16.8 Å². The van der Waals surface area contributed by atoms with Crippen LogP contribution >= 0.6 is 0 Å². The van der Waals surface area contributed by atoms with E-state index in [9.17, 15) is 0 Å². The molecule has 0 fully saturated rings. The summed E-state index contributed by atoms with van der Waals surface area (Å²) in [6.07, 6.45) is 5.99. The first-order valence-corrected chi connectivity index (χ1v) is 11.1. The second-order valence-electron chi connectivity index (χ2n) is 7.62. The first kappa shape index (κ1) is 22.0. The van der Waals surface area contributed by atoms with Crippen molar-refractivity contribution < 1.29 is 4.84 Å². The number of rotatable bonds is 8. The maximum absolute atomic E-state index is 4.85. The summed E-state index contributed by atoms with van der Waals surface area (Å²) in [6, 6.07) is 0. The molecule has 1 unspecified atom stereocenters. The SMILES string of the molecule is CO/N=C/C(CC#C[Si](C(C)C)(C(C)C)C(C)C)CC=C(C)C. The molecule has 3 heteroatoms. The van der Waals surface area contributed by atoms with E-state index in [-0.39, 0.29) is 0 Å². The predicted molar refractivity (Wildman–Crippen MR) is 106 cm³/mol. The van der Waals surface area contributed by atoms with Crippen LogP contribution in [0.25, 0.3) is 0 Å². The Morgan fingerprint density at radius 1 is 1.04 bits per heavy atom. The number of hydrogen-bond acceptors (Lipinski definition) is 2. The van der Waals surface area contributed by atoms with E-state index >= 15 is 0 Å². The number of hydrogen-bond donors (Lipinski definition) is 0. The molecule has 0 rings (SSSR count). The molecule has 132 valence electrons. The number of nitrogens with zero attached hydrogens (tertiary/aromatic N) is 1. The van der Waals surface area contributed by atoms with Crippen LogP contribution in [-0.4, -0.2) is 21.4 Å². The van der Waals surface area contributed by atoms with Gasteiger partial charge in [-0.2, -0.15) is 0 Å². The molecule has 0 heterocycles. The van der Waals surface area contributed by atoms with E-state index < -0.39 is 8.07 Å². The zero-order valence-corrected chi connectivity index (χ0v) is 17.7. The van der Waals surface area contributed by atoms with Gasteiger partial charge in [0.05, 0.1) is 0 Å². The van der Waals surface area contributed by atoms with E-state index in [1.165, 1.54) is 5.57 Å². The molecular formula is C20H37NOSi. The highest BCUT2D eigenvalue weighted by molar-refractivity contribution is 6.90. The minimum absolute atomic E-state index is 0.329. The average molecular weight is 336 g/mol. The highest BCUT2D eigenvalue weighted by atomic mass is 28.3. The molecule has 23 heavy (non-hydrogen) atoms. The Bertz CT molecular complexity index is 426. The van der Waals surface area contributed by atoms with Crippen molar-refractivity contribution in [2.75, 3.05) is 7.11 Å². The molecule has 1 atom stereocenters. The molecule has 0 amide bonds. The molecule has 0 aromatic rings. The van der Waals surface area contributed by atoms with Gasteiger partial charge in [0.1, 0.15) is 15.2 Å². The smallest absolute Gasteiger partial charge is 0.145 e. The predicted octanol–water partition coefficient (Wildman–Crippen LogP) is 6.20. The second-order valence-corrected chi connectivity index (χ2v) is 13.2. The summed E-state index contributed by atoms with van der Waals surface area (Å²) in [4.78, 5) is 4.85. The topological polar surface area (TPSA) is 21.6 Å². The average Bonchev–Trinajstić information content (AvgIpc) is 2.44. The van der Waals surface area contributed by atoms with Crippen LogP contribution in [0.1, 0.15) is 68.2 Å². The molecule has 0 N–H and O–H groups in total. The van der Waals surface area contributed by atoms with Crippen LogP contribution in [0, 0.1) is 17.4 Å². The molecule has 0 aliphatic heterocycles. The Morgan fingerprint density at radius 2 is 1.57 bits per heavy atom. The van der Waals surface area contributed by atoms with E-state index in [1.54, 1.807) is 7.11 Å². The largest absolute Gasteiger partial charge is 0.399 e. The molecular weight excluding hydrogens is 298 g/mol. The maximum atomic E-state index is 4.85. The number of allylic oxidation sites excluding steroid dienone is 2. The van der Waals surface area contributed by atoms with E-state index in [2.05, 4.69) is 78.1 Å². The van der Waals surface area contributed by atoms with Gasteiger partial charge in [0, 0.05) is 18.6 Å². The van der Waals surface area contributed by atoms with E-state index in [0.29, 0.717) is 22.5 Å². The molecule has 0 radical (unpaired) electrons. The van der Waals surface area contributed by atoms with Crippen LogP contribution in [0.5, 0.6) is 0 Å². The van der Waals surface area contributed by atoms with Crippen LogP contribution in [-0.2, 0) is 4.84 Å². The normalized spacial score (nSPS) is 13.4. The third kappa shape index (κ3) is 6.95. The van der Waals surface area contributed by atoms with Gasteiger partial charge < -0.3 is 4.84 Å². The molecule has 0 bridgehead atoms. The highest BCUT2D eigenvalue weighted by Crippen LogP contribution is 2.40. The van der Waals surface area contributed by atoms with Gasteiger partial charge in [-0.05, 0) is 36.9 Å². The summed E-state index contributed by atoms with van der Waals surface area (Å²) in [5, 5.41) is 3.96. The molecule has 0 spiro atoms. The van der Waals surface area contributed by atoms with Crippen molar-refractivity contribution in [1.82, 2.24) is 0 Å². The van der Waals surface area contributed by atoms with Crippen LogP contribution in [0.2, 0.25) is 16.6 Å². The van der Waals surface area contributed by atoms with Crippen molar-refractivity contribution in [3.8, 4) is 11.5 Å². The minimum Gasteiger partial charge on any atom is -0.399 e. The molecule has 0 aromatic carbocycles. The Hall–Kier alpha value is -1.01. The first-order valence-electron chi connectivity index (χ1n) is 8.88. The Kier molecular flexibility index (Phi) is 10.2. The van der Waals surface area contributed by atoms with Gasteiger partial charge in [-0.15, -0.1) is 11.5 Å². The Labute approximate surface area is 145 Å².